The van der Waals surface area contributed by atoms with Crippen molar-refractivity contribution < 1.29 is 13.2 Å². The molecule has 2 rings (SSSR count). The zero-order valence-corrected chi connectivity index (χ0v) is 18.9. The van der Waals surface area contributed by atoms with Crippen LogP contribution in [0.5, 0.6) is 0 Å². The molecular weight excluding hydrogens is 384 g/mol. The minimum absolute atomic E-state index is 0.110. The Morgan fingerprint density at radius 1 is 1.14 bits per heavy atom. The highest BCUT2D eigenvalue weighted by molar-refractivity contribution is 7.90. The quantitative estimate of drug-likeness (QED) is 0.555. The first-order chi connectivity index (χ1) is 13.7. The van der Waals surface area contributed by atoms with Crippen molar-refractivity contribution in [3.8, 4) is 0 Å². The summed E-state index contributed by atoms with van der Waals surface area (Å²) in [6.07, 6.45) is 4.31. The number of aromatic nitrogens is 1. The molecule has 1 aromatic carbocycles. The molecule has 2 aromatic rings. The molecule has 0 spiro atoms. The highest BCUT2D eigenvalue weighted by atomic mass is 32.2. The van der Waals surface area contributed by atoms with E-state index in [2.05, 4.69) is 11.9 Å². The molecule has 0 saturated heterocycles. The summed E-state index contributed by atoms with van der Waals surface area (Å²) < 4.78 is 25.7. The highest BCUT2D eigenvalue weighted by Gasteiger charge is 2.22. The normalized spacial score (nSPS) is 12.6. The molecule has 1 atom stereocenters. The molecule has 0 saturated carbocycles. The first-order valence-electron chi connectivity index (χ1n) is 10.2. The van der Waals surface area contributed by atoms with Crippen molar-refractivity contribution in [1.29, 1.82) is 0 Å². The molecule has 1 amide bonds. The molecule has 0 radical (unpaired) electrons. The van der Waals surface area contributed by atoms with Crippen LogP contribution < -0.4 is 0 Å². The van der Waals surface area contributed by atoms with Crippen LogP contribution in [0.2, 0.25) is 0 Å². The Hall–Kier alpha value is -2.21. The molecular formula is C23H32N2O3S. The van der Waals surface area contributed by atoms with E-state index < -0.39 is 9.84 Å². The number of sulfone groups is 1. The number of carbonyl (C=O) groups excluding carboxylic acids is 1. The zero-order chi connectivity index (χ0) is 21.6. The van der Waals surface area contributed by atoms with E-state index in [4.69, 9.17) is 0 Å². The fraction of sp³-hybridized carbons (Fsp3) is 0.478. The van der Waals surface area contributed by atoms with E-state index in [1.165, 1.54) is 0 Å². The standard InChI is InChI=1S/C23H32N2O3S/c1-6-7-8-10-19(4)25(5)23(26)21-12-9-11-20(24-21)16-29(27,28)22-14-13-17(2)15-18(22)3/h9,11-15,19H,6-8,10,16H2,1-5H3/t19-/m0/s1. The number of amides is 1. The third-order valence-corrected chi connectivity index (χ3v) is 7.04. The highest BCUT2D eigenvalue weighted by Crippen LogP contribution is 2.21. The SMILES string of the molecule is CCCCC[C@H](C)N(C)C(=O)c1cccc(CS(=O)(=O)c2ccc(C)cc2C)n1. The Kier molecular flexibility index (Phi) is 7.96. The second kappa shape index (κ2) is 10.0. The van der Waals surface area contributed by atoms with Gasteiger partial charge in [0.25, 0.3) is 5.91 Å². The van der Waals surface area contributed by atoms with Crippen molar-refractivity contribution >= 4 is 15.7 Å². The van der Waals surface area contributed by atoms with Crippen molar-refractivity contribution in [3.05, 3.63) is 58.9 Å². The lowest BCUT2D eigenvalue weighted by atomic mass is 10.1. The molecule has 0 aliphatic heterocycles. The van der Waals surface area contributed by atoms with Crippen LogP contribution in [0.25, 0.3) is 0 Å². The lowest BCUT2D eigenvalue weighted by molar-refractivity contribution is 0.0729. The summed E-state index contributed by atoms with van der Waals surface area (Å²) in [4.78, 5) is 19.2. The van der Waals surface area contributed by atoms with Crippen molar-refractivity contribution in [2.75, 3.05) is 7.05 Å². The molecule has 0 fully saturated rings. The van der Waals surface area contributed by atoms with Crippen LogP contribution in [0.3, 0.4) is 0 Å². The van der Waals surface area contributed by atoms with Gasteiger partial charge in [-0.3, -0.25) is 4.79 Å². The summed E-state index contributed by atoms with van der Waals surface area (Å²) in [6.45, 7) is 7.91. The van der Waals surface area contributed by atoms with E-state index in [0.717, 1.165) is 36.8 Å². The minimum Gasteiger partial charge on any atom is -0.338 e. The summed E-state index contributed by atoms with van der Waals surface area (Å²) in [5, 5.41) is 0. The molecule has 0 bridgehead atoms. The molecule has 5 nitrogen and oxygen atoms in total. The number of aryl methyl sites for hydroxylation is 2. The van der Waals surface area contributed by atoms with Gasteiger partial charge in [-0.25, -0.2) is 13.4 Å². The second-order valence-electron chi connectivity index (χ2n) is 7.80. The maximum Gasteiger partial charge on any atom is 0.272 e. The van der Waals surface area contributed by atoms with Crippen LogP contribution in [0.1, 0.15) is 66.8 Å². The molecule has 1 aromatic heterocycles. The lowest BCUT2D eigenvalue weighted by Crippen LogP contribution is -2.35. The Bertz CT molecular complexity index is 954. The van der Waals surface area contributed by atoms with Crippen LogP contribution >= 0.6 is 0 Å². The molecule has 1 heterocycles. The first kappa shape index (κ1) is 23.1. The third kappa shape index (κ3) is 6.13. The Morgan fingerprint density at radius 3 is 2.52 bits per heavy atom. The predicted molar refractivity (Wildman–Crippen MR) is 117 cm³/mol. The molecule has 0 N–H and O–H groups in total. The zero-order valence-electron chi connectivity index (χ0n) is 18.1. The van der Waals surface area contributed by atoms with E-state index in [1.807, 2.05) is 19.9 Å². The van der Waals surface area contributed by atoms with Gasteiger partial charge >= 0.3 is 0 Å². The number of hydrogen-bond donors (Lipinski definition) is 0. The van der Waals surface area contributed by atoms with E-state index in [-0.39, 0.29) is 23.4 Å². The number of unbranched alkanes of at least 4 members (excludes halogenated alkanes) is 2. The smallest absolute Gasteiger partial charge is 0.272 e. The van der Waals surface area contributed by atoms with Crippen molar-refractivity contribution in [1.82, 2.24) is 9.88 Å². The molecule has 0 unspecified atom stereocenters. The van der Waals surface area contributed by atoms with Crippen molar-refractivity contribution in [2.24, 2.45) is 0 Å². The summed E-state index contributed by atoms with van der Waals surface area (Å²) >= 11 is 0. The maximum absolute atomic E-state index is 12.9. The molecule has 0 aliphatic carbocycles. The van der Waals surface area contributed by atoms with Gasteiger partial charge in [-0.2, -0.15) is 0 Å². The summed E-state index contributed by atoms with van der Waals surface area (Å²) in [5.41, 5.74) is 2.40. The largest absolute Gasteiger partial charge is 0.338 e. The van der Waals surface area contributed by atoms with Gasteiger partial charge in [-0.05, 0) is 51.0 Å². The second-order valence-corrected chi connectivity index (χ2v) is 9.76. The number of hydrogen-bond acceptors (Lipinski definition) is 4. The van der Waals surface area contributed by atoms with Gasteiger partial charge in [0.15, 0.2) is 9.84 Å². The Balaban J connectivity index is 2.17. The van der Waals surface area contributed by atoms with Crippen LogP contribution in [-0.2, 0) is 15.6 Å². The summed E-state index contributed by atoms with van der Waals surface area (Å²) in [7, 11) is -1.76. The maximum atomic E-state index is 12.9. The van der Waals surface area contributed by atoms with Crippen molar-refractivity contribution in [2.45, 2.75) is 70.1 Å². The predicted octanol–water partition coefficient (Wildman–Crippen LogP) is 4.71. The fourth-order valence-corrected chi connectivity index (χ4v) is 4.89. The van der Waals surface area contributed by atoms with Gasteiger partial charge in [0.05, 0.1) is 16.3 Å². The van der Waals surface area contributed by atoms with Crippen LogP contribution in [0.4, 0.5) is 0 Å². The third-order valence-electron chi connectivity index (χ3n) is 5.24. The fourth-order valence-electron chi connectivity index (χ4n) is 3.36. The van der Waals surface area contributed by atoms with E-state index >= 15 is 0 Å². The van der Waals surface area contributed by atoms with Gasteiger partial charge in [0.1, 0.15) is 5.69 Å². The molecule has 29 heavy (non-hydrogen) atoms. The summed E-state index contributed by atoms with van der Waals surface area (Å²) in [6, 6.07) is 10.4. The number of pyridine rings is 1. The number of nitrogens with zero attached hydrogens (tertiary/aromatic N) is 2. The Morgan fingerprint density at radius 2 is 1.86 bits per heavy atom. The molecule has 158 valence electrons. The lowest BCUT2D eigenvalue weighted by Gasteiger charge is -2.24. The van der Waals surface area contributed by atoms with Crippen molar-refractivity contribution in [3.63, 3.8) is 0 Å². The van der Waals surface area contributed by atoms with E-state index in [9.17, 15) is 13.2 Å². The van der Waals surface area contributed by atoms with Crippen LogP contribution in [-0.4, -0.2) is 37.3 Å². The van der Waals surface area contributed by atoms with Gasteiger partial charge in [-0.15, -0.1) is 0 Å². The van der Waals surface area contributed by atoms with E-state index in [1.54, 1.807) is 49.2 Å². The van der Waals surface area contributed by atoms with Gasteiger partial charge < -0.3 is 4.90 Å². The first-order valence-corrected chi connectivity index (χ1v) is 11.8. The van der Waals surface area contributed by atoms with Gasteiger partial charge in [-0.1, -0.05) is 49.9 Å². The van der Waals surface area contributed by atoms with E-state index in [0.29, 0.717) is 10.6 Å². The average Bonchev–Trinajstić information content (AvgIpc) is 2.66. The van der Waals surface area contributed by atoms with Gasteiger partial charge in [0, 0.05) is 13.1 Å². The van der Waals surface area contributed by atoms with Crippen LogP contribution in [0, 0.1) is 13.8 Å². The number of rotatable bonds is 9. The molecule has 0 aliphatic rings. The summed E-state index contributed by atoms with van der Waals surface area (Å²) in [5.74, 6) is -0.409. The average molecular weight is 417 g/mol. The van der Waals surface area contributed by atoms with Gasteiger partial charge in [0.2, 0.25) is 0 Å². The van der Waals surface area contributed by atoms with Crippen LogP contribution in [0.15, 0.2) is 41.3 Å². The number of carbonyl (C=O) groups is 1. The minimum atomic E-state index is -3.54. The topological polar surface area (TPSA) is 67.3 Å². The Labute approximate surface area is 175 Å². The monoisotopic (exact) mass is 416 g/mol. The molecule has 6 heteroatoms. The number of benzene rings is 1.